The van der Waals surface area contributed by atoms with Gasteiger partial charge in [-0.25, -0.2) is 4.90 Å². The molecule has 0 saturated carbocycles. The fourth-order valence-electron chi connectivity index (χ4n) is 6.48. The van der Waals surface area contributed by atoms with Gasteiger partial charge in [0.1, 0.15) is 0 Å². The first-order valence-electron chi connectivity index (χ1n) is 13.1. The van der Waals surface area contributed by atoms with Crippen LogP contribution in [0.1, 0.15) is 94.6 Å². The molecule has 0 unspecified atom stereocenters. The van der Waals surface area contributed by atoms with Crippen LogP contribution in [0.3, 0.4) is 0 Å². The Kier molecular flexibility index (Phi) is 6.64. The zero-order chi connectivity index (χ0) is 32.0. The van der Waals surface area contributed by atoms with Crippen LogP contribution in [0.2, 0.25) is 0 Å². The molecule has 12 heteroatoms. The summed E-state index contributed by atoms with van der Waals surface area (Å²) in [7, 11) is 0. The maximum absolute atomic E-state index is 14.8. The number of benzene rings is 3. The number of nitrogens with one attached hydrogen (secondary N) is 1. The molecule has 4 amide bonds. The molecule has 0 fully saturated rings. The molecule has 0 saturated heterocycles. The summed E-state index contributed by atoms with van der Waals surface area (Å²) < 4.78 is 89.1. The van der Waals surface area contributed by atoms with Crippen LogP contribution in [0.5, 0.6) is 0 Å². The molecule has 2 aliphatic heterocycles. The van der Waals surface area contributed by atoms with E-state index in [2.05, 4.69) is 0 Å². The monoisotopic (exact) mass is 602 g/mol. The zero-order valence-electron chi connectivity index (χ0n) is 23.5. The molecule has 1 N–H and O–H groups in total. The van der Waals surface area contributed by atoms with Crippen LogP contribution in [0.25, 0.3) is 0 Å². The number of nitrogens with zero attached hydrogens (tertiary/aromatic N) is 1. The van der Waals surface area contributed by atoms with Gasteiger partial charge in [0.15, 0.2) is 0 Å². The first kappa shape index (κ1) is 30.0. The summed E-state index contributed by atoms with van der Waals surface area (Å²) in [5, 5.41) is 1.84. The van der Waals surface area contributed by atoms with Gasteiger partial charge < -0.3 is 0 Å². The molecule has 43 heavy (non-hydrogen) atoms. The Morgan fingerprint density at radius 3 is 1.67 bits per heavy atom. The lowest BCUT2D eigenvalue weighted by atomic mass is 9.71. The lowest BCUT2D eigenvalue weighted by Crippen LogP contribution is -2.55. The van der Waals surface area contributed by atoms with Gasteiger partial charge in [-0.3, -0.25) is 24.5 Å². The largest absolute Gasteiger partial charge is 0.411 e. The maximum atomic E-state index is 14.8. The van der Waals surface area contributed by atoms with Gasteiger partial charge in [-0.2, -0.15) is 26.3 Å². The van der Waals surface area contributed by atoms with E-state index in [9.17, 15) is 45.5 Å². The summed E-state index contributed by atoms with van der Waals surface area (Å²) in [6, 6.07) is 5.09. The van der Waals surface area contributed by atoms with Gasteiger partial charge in [0.25, 0.3) is 23.6 Å². The van der Waals surface area contributed by atoms with Gasteiger partial charge in [-0.1, -0.05) is 32.0 Å². The SMILES string of the molecule is Cc1cc(C)c(N2C(=O)c3ccc(C(c4ccc5c(c4)C(=O)NC5=O)(C(F)(F)F)C(F)(F)F)cc3C2=O)c(C)c1C(C)C. The average Bonchev–Trinajstić information content (AvgIpc) is 3.29. The molecule has 0 spiro atoms. The minimum Gasteiger partial charge on any atom is -0.288 e. The Morgan fingerprint density at radius 1 is 0.651 bits per heavy atom. The molecule has 0 aliphatic carbocycles. The predicted molar refractivity (Wildman–Crippen MR) is 143 cm³/mol. The standard InChI is InChI=1S/C31H24F6N2O4/c1-13(2)23-14(3)10-15(4)24(16(23)5)39-27(42)20-9-7-18(12-22(20)28(39)43)29(30(32,33)34,31(35,36)37)17-6-8-19-21(11-17)26(41)38-25(19)40/h6-13H,1-5H3,(H,38,40,41). The molecular formula is C31H24F6N2O4. The first-order valence-corrected chi connectivity index (χ1v) is 13.1. The van der Waals surface area contributed by atoms with Crippen LogP contribution in [-0.2, 0) is 5.41 Å². The van der Waals surface area contributed by atoms with E-state index in [-0.39, 0.29) is 22.7 Å². The normalized spacial score (nSPS) is 15.4. The van der Waals surface area contributed by atoms with E-state index in [1.165, 1.54) is 0 Å². The van der Waals surface area contributed by atoms with Crippen molar-refractivity contribution in [1.82, 2.24) is 5.32 Å². The number of fused-ring (bicyclic) bond motifs is 2. The fraction of sp³-hybridized carbons (Fsp3) is 0.290. The summed E-state index contributed by atoms with van der Waals surface area (Å²) in [5.74, 6) is -4.06. The number of imide groups is 2. The lowest BCUT2D eigenvalue weighted by Gasteiger charge is -2.38. The molecule has 6 nitrogen and oxygen atoms in total. The van der Waals surface area contributed by atoms with Crippen LogP contribution in [0, 0.1) is 20.8 Å². The molecule has 0 atom stereocenters. The van der Waals surface area contributed by atoms with Crippen molar-refractivity contribution in [2.45, 2.75) is 58.3 Å². The number of aryl methyl sites for hydroxylation is 2. The van der Waals surface area contributed by atoms with E-state index in [4.69, 9.17) is 0 Å². The molecule has 3 aromatic carbocycles. The Bertz CT molecular complexity index is 1760. The number of amides is 4. The smallest absolute Gasteiger partial charge is 0.288 e. The van der Waals surface area contributed by atoms with Crippen LogP contribution in [-0.4, -0.2) is 36.0 Å². The van der Waals surface area contributed by atoms with Crippen molar-refractivity contribution in [3.05, 3.63) is 98.1 Å². The number of halogens is 6. The molecule has 224 valence electrons. The van der Waals surface area contributed by atoms with Crippen molar-refractivity contribution in [3.8, 4) is 0 Å². The summed E-state index contributed by atoms with van der Waals surface area (Å²) in [5.41, 5.74) is -6.38. The number of anilines is 1. The number of carbonyl (C=O) groups excluding carboxylic acids is 4. The molecular weight excluding hydrogens is 578 g/mol. The summed E-state index contributed by atoms with van der Waals surface area (Å²) in [6.07, 6.45) is -12.1. The summed E-state index contributed by atoms with van der Waals surface area (Å²) >= 11 is 0. The highest BCUT2D eigenvalue weighted by Gasteiger charge is 2.73. The predicted octanol–water partition coefficient (Wildman–Crippen LogP) is 6.83. The third-order valence-electron chi connectivity index (χ3n) is 8.13. The molecule has 0 radical (unpaired) electrons. The van der Waals surface area contributed by atoms with E-state index in [0.29, 0.717) is 35.4 Å². The molecule has 5 rings (SSSR count). The van der Waals surface area contributed by atoms with Crippen molar-refractivity contribution in [3.63, 3.8) is 0 Å². The van der Waals surface area contributed by atoms with Gasteiger partial charge in [0.05, 0.1) is 27.9 Å². The number of hydrogen-bond acceptors (Lipinski definition) is 4. The van der Waals surface area contributed by atoms with Crippen molar-refractivity contribution in [1.29, 1.82) is 0 Å². The van der Waals surface area contributed by atoms with Crippen molar-refractivity contribution >= 4 is 29.3 Å². The van der Waals surface area contributed by atoms with Crippen molar-refractivity contribution in [2.75, 3.05) is 4.90 Å². The number of carbonyl (C=O) groups is 4. The highest BCUT2D eigenvalue weighted by atomic mass is 19.4. The lowest BCUT2D eigenvalue weighted by molar-refractivity contribution is -0.288. The van der Waals surface area contributed by atoms with Gasteiger partial charge in [-0.05, 0) is 84.3 Å². The van der Waals surface area contributed by atoms with Crippen molar-refractivity contribution in [2.24, 2.45) is 0 Å². The van der Waals surface area contributed by atoms with Crippen LogP contribution >= 0.6 is 0 Å². The van der Waals surface area contributed by atoms with Gasteiger partial charge in [-0.15, -0.1) is 0 Å². The molecule has 2 heterocycles. The fourth-order valence-corrected chi connectivity index (χ4v) is 6.48. The quantitative estimate of drug-likeness (QED) is 0.262. The van der Waals surface area contributed by atoms with Crippen LogP contribution in [0.4, 0.5) is 32.0 Å². The molecule has 3 aromatic rings. The highest BCUT2D eigenvalue weighted by Crippen LogP contribution is 2.57. The van der Waals surface area contributed by atoms with E-state index in [1.807, 2.05) is 26.1 Å². The Balaban J connectivity index is 1.74. The van der Waals surface area contributed by atoms with Crippen molar-refractivity contribution < 1.29 is 45.5 Å². The third kappa shape index (κ3) is 4.09. The Labute approximate surface area is 241 Å². The Hall–Kier alpha value is -4.48. The topological polar surface area (TPSA) is 83.6 Å². The second kappa shape index (κ2) is 9.51. The molecule has 2 aliphatic rings. The van der Waals surface area contributed by atoms with E-state index < -0.39 is 63.7 Å². The molecule has 0 aromatic heterocycles. The van der Waals surface area contributed by atoms with E-state index in [0.717, 1.165) is 28.2 Å². The van der Waals surface area contributed by atoms with Gasteiger partial charge >= 0.3 is 12.4 Å². The first-order chi connectivity index (χ1) is 19.8. The van der Waals surface area contributed by atoms with E-state index in [1.54, 1.807) is 19.9 Å². The second-order valence-electron chi connectivity index (χ2n) is 11.0. The number of rotatable bonds is 4. The Morgan fingerprint density at radius 2 is 1.14 bits per heavy atom. The number of alkyl halides is 6. The number of hydrogen-bond donors (Lipinski definition) is 1. The second-order valence-corrected chi connectivity index (χ2v) is 11.0. The van der Waals surface area contributed by atoms with Gasteiger partial charge in [0.2, 0.25) is 5.41 Å². The average molecular weight is 603 g/mol. The van der Waals surface area contributed by atoms with E-state index >= 15 is 0 Å². The minimum atomic E-state index is -6.03. The van der Waals surface area contributed by atoms with Crippen LogP contribution in [0.15, 0.2) is 42.5 Å². The van der Waals surface area contributed by atoms with Gasteiger partial charge in [0, 0.05) is 0 Å². The molecule has 0 bridgehead atoms. The third-order valence-corrected chi connectivity index (χ3v) is 8.13. The highest BCUT2D eigenvalue weighted by molar-refractivity contribution is 6.35. The maximum Gasteiger partial charge on any atom is 0.411 e. The summed E-state index contributed by atoms with van der Waals surface area (Å²) in [6.45, 7) is 9.04. The van der Waals surface area contributed by atoms with Crippen LogP contribution < -0.4 is 10.2 Å². The minimum absolute atomic E-state index is 0.00924. The summed E-state index contributed by atoms with van der Waals surface area (Å²) in [4.78, 5) is 52.0. The zero-order valence-corrected chi connectivity index (χ0v) is 23.5.